The third-order valence-electron chi connectivity index (χ3n) is 5.66. The molecule has 162 valence electrons. The number of hydrogen-bond acceptors (Lipinski definition) is 4. The molecule has 1 aromatic heterocycles. The van der Waals surface area contributed by atoms with E-state index in [4.69, 9.17) is 0 Å². The van der Waals surface area contributed by atoms with Crippen LogP contribution in [0.1, 0.15) is 17.2 Å². The lowest BCUT2D eigenvalue weighted by atomic mass is 9.94. The second kappa shape index (κ2) is 7.94. The average Bonchev–Trinajstić information content (AvgIpc) is 3.09. The van der Waals surface area contributed by atoms with E-state index in [2.05, 4.69) is 4.98 Å². The number of fused-ring (bicyclic) bond motifs is 1. The van der Waals surface area contributed by atoms with Crippen LogP contribution in [0.2, 0.25) is 0 Å². The molecule has 5 nitrogen and oxygen atoms in total. The number of amides is 1. The highest BCUT2D eigenvalue weighted by Crippen LogP contribution is 2.43. The number of nitrogens with zero attached hydrogens (tertiary/aromatic N) is 2. The zero-order valence-electron chi connectivity index (χ0n) is 17.1. The fourth-order valence-electron chi connectivity index (χ4n) is 4.19. The lowest BCUT2D eigenvalue weighted by Crippen LogP contribution is -2.30. The van der Waals surface area contributed by atoms with Crippen LogP contribution in [0.3, 0.4) is 0 Å². The number of halogens is 2. The van der Waals surface area contributed by atoms with Crippen LogP contribution in [0, 0.1) is 11.6 Å². The molecule has 0 saturated carbocycles. The van der Waals surface area contributed by atoms with Crippen molar-refractivity contribution in [3.8, 4) is 0 Å². The van der Waals surface area contributed by atoms with Gasteiger partial charge in [-0.3, -0.25) is 19.5 Å². The molecule has 1 aliphatic rings. The highest BCUT2D eigenvalue weighted by Gasteiger charge is 2.48. The van der Waals surface area contributed by atoms with Gasteiger partial charge in [0.25, 0.3) is 11.7 Å². The predicted molar refractivity (Wildman–Crippen MR) is 119 cm³/mol. The molecule has 7 heteroatoms. The summed E-state index contributed by atoms with van der Waals surface area (Å²) in [6, 6.07) is 17.3. The molecule has 1 atom stereocenters. The van der Waals surface area contributed by atoms with Crippen LogP contribution in [0.25, 0.3) is 16.5 Å². The molecule has 4 aromatic rings. The van der Waals surface area contributed by atoms with E-state index in [-0.39, 0.29) is 17.0 Å². The number of carbonyl (C=O) groups is 2. The Kier molecular flexibility index (Phi) is 4.94. The molecule has 1 saturated heterocycles. The highest BCUT2D eigenvalue weighted by atomic mass is 19.1. The summed E-state index contributed by atoms with van der Waals surface area (Å²) < 4.78 is 28.2. The van der Waals surface area contributed by atoms with Crippen molar-refractivity contribution in [2.75, 3.05) is 4.90 Å². The first kappa shape index (κ1) is 20.5. The second-order valence-corrected chi connectivity index (χ2v) is 7.58. The second-order valence-electron chi connectivity index (χ2n) is 7.58. The molecule has 0 radical (unpaired) electrons. The van der Waals surface area contributed by atoms with Crippen molar-refractivity contribution in [3.63, 3.8) is 0 Å². The smallest absolute Gasteiger partial charge is 0.300 e. The van der Waals surface area contributed by atoms with Gasteiger partial charge < -0.3 is 5.11 Å². The normalized spacial score (nSPS) is 17.6. The number of benzene rings is 3. The molecule has 3 aromatic carbocycles. The Hall–Kier alpha value is -4.39. The van der Waals surface area contributed by atoms with Gasteiger partial charge in [-0.05, 0) is 34.5 Å². The van der Waals surface area contributed by atoms with Crippen LogP contribution in [0.5, 0.6) is 0 Å². The maximum Gasteiger partial charge on any atom is 0.300 e. The first-order chi connectivity index (χ1) is 16.0. The minimum absolute atomic E-state index is 0.201. The minimum Gasteiger partial charge on any atom is -0.507 e. The SMILES string of the molecule is O=C1C(=O)N(c2ccc(F)cc2F)C(c2cccnc2)/C1=C(/O)c1cccc2ccccc12. The Labute approximate surface area is 187 Å². The van der Waals surface area contributed by atoms with Crippen LogP contribution in [-0.4, -0.2) is 21.8 Å². The number of anilines is 1. The maximum atomic E-state index is 14.7. The van der Waals surface area contributed by atoms with E-state index in [1.54, 1.807) is 36.4 Å². The number of hydrogen-bond donors (Lipinski definition) is 1. The lowest BCUT2D eigenvalue weighted by molar-refractivity contribution is -0.132. The number of Topliss-reactive ketones (excluding diaryl/α,β-unsaturated/α-hetero) is 1. The summed E-state index contributed by atoms with van der Waals surface area (Å²) in [4.78, 5) is 31.3. The van der Waals surface area contributed by atoms with Crippen molar-refractivity contribution in [3.05, 3.63) is 114 Å². The monoisotopic (exact) mass is 442 g/mol. The third-order valence-corrected chi connectivity index (χ3v) is 5.66. The van der Waals surface area contributed by atoms with Crippen molar-refractivity contribution >= 4 is 33.9 Å². The minimum atomic E-state index is -1.15. The molecule has 1 N–H and O–H groups in total. The average molecular weight is 442 g/mol. The summed E-state index contributed by atoms with van der Waals surface area (Å²) in [7, 11) is 0. The van der Waals surface area contributed by atoms with E-state index in [0.29, 0.717) is 22.6 Å². The number of pyridine rings is 1. The number of aliphatic hydroxyl groups is 1. The van der Waals surface area contributed by atoms with Gasteiger partial charge in [0.05, 0.1) is 17.3 Å². The Balaban J connectivity index is 1.79. The number of aliphatic hydroxyl groups excluding tert-OH is 1. The van der Waals surface area contributed by atoms with Gasteiger partial charge in [0, 0.05) is 24.0 Å². The van der Waals surface area contributed by atoms with E-state index in [0.717, 1.165) is 22.4 Å². The molecular weight excluding hydrogens is 426 g/mol. The van der Waals surface area contributed by atoms with E-state index in [1.807, 2.05) is 18.2 Å². The first-order valence-corrected chi connectivity index (χ1v) is 10.1. The van der Waals surface area contributed by atoms with Crippen molar-refractivity contribution in [2.24, 2.45) is 0 Å². The van der Waals surface area contributed by atoms with E-state index in [1.165, 1.54) is 12.4 Å². The van der Waals surface area contributed by atoms with E-state index < -0.39 is 29.4 Å². The topological polar surface area (TPSA) is 70.5 Å². The summed E-state index contributed by atoms with van der Waals surface area (Å²) in [6.07, 6.45) is 2.94. The quantitative estimate of drug-likeness (QED) is 0.271. The molecule has 2 heterocycles. The van der Waals surface area contributed by atoms with Crippen molar-refractivity contribution < 1.29 is 23.5 Å². The van der Waals surface area contributed by atoms with Crippen molar-refractivity contribution in [1.82, 2.24) is 4.98 Å². The molecular formula is C26H16F2N2O3. The van der Waals surface area contributed by atoms with Gasteiger partial charge in [0.2, 0.25) is 0 Å². The number of ketones is 1. The van der Waals surface area contributed by atoms with Crippen molar-refractivity contribution in [1.29, 1.82) is 0 Å². The summed E-state index contributed by atoms with van der Waals surface area (Å²) in [5, 5.41) is 12.8. The summed E-state index contributed by atoms with van der Waals surface area (Å²) in [6.45, 7) is 0. The fraction of sp³-hybridized carbons (Fsp3) is 0.0385. The van der Waals surface area contributed by atoms with Crippen LogP contribution >= 0.6 is 0 Å². The largest absolute Gasteiger partial charge is 0.507 e. The molecule has 1 amide bonds. The van der Waals surface area contributed by atoms with Gasteiger partial charge in [0.1, 0.15) is 17.4 Å². The Morgan fingerprint density at radius 2 is 1.73 bits per heavy atom. The van der Waals surface area contributed by atoms with Gasteiger partial charge in [-0.2, -0.15) is 0 Å². The van der Waals surface area contributed by atoms with Crippen molar-refractivity contribution in [2.45, 2.75) is 6.04 Å². The number of carbonyl (C=O) groups excluding carboxylic acids is 2. The molecule has 33 heavy (non-hydrogen) atoms. The van der Waals surface area contributed by atoms with Gasteiger partial charge in [-0.15, -0.1) is 0 Å². The van der Waals surface area contributed by atoms with Crippen LogP contribution in [0.4, 0.5) is 14.5 Å². The Morgan fingerprint density at radius 1 is 0.939 bits per heavy atom. The zero-order chi connectivity index (χ0) is 23.1. The summed E-state index contributed by atoms with van der Waals surface area (Å²) in [5.41, 5.74) is 0.277. The molecule has 0 spiro atoms. The molecule has 1 fully saturated rings. The van der Waals surface area contributed by atoms with E-state index in [9.17, 15) is 23.5 Å². The Bertz CT molecular complexity index is 1450. The highest BCUT2D eigenvalue weighted by molar-refractivity contribution is 6.51. The fourth-order valence-corrected chi connectivity index (χ4v) is 4.19. The number of rotatable bonds is 3. The van der Waals surface area contributed by atoms with E-state index >= 15 is 0 Å². The van der Waals surface area contributed by atoms with Gasteiger partial charge in [0.15, 0.2) is 0 Å². The molecule has 5 rings (SSSR count). The van der Waals surface area contributed by atoms with Crippen LogP contribution in [-0.2, 0) is 9.59 Å². The summed E-state index contributed by atoms with van der Waals surface area (Å²) in [5.74, 6) is -4.21. The Morgan fingerprint density at radius 3 is 2.48 bits per heavy atom. The van der Waals surface area contributed by atoms with Crippen LogP contribution < -0.4 is 4.90 Å². The lowest BCUT2D eigenvalue weighted by Gasteiger charge is -2.25. The van der Waals surface area contributed by atoms with Gasteiger partial charge in [-0.1, -0.05) is 48.5 Å². The number of aromatic nitrogens is 1. The third kappa shape index (κ3) is 3.34. The molecule has 1 unspecified atom stereocenters. The molecule has 0 aliphatic carbocycles. The summed E-state index contributed by atoms with van der Waals surface area (Å²) >= 11 is 0. The first-order valence-electron chi connectivity index (χ1n) is 10.1. The molecule has 0 bridgehead atoms. The van der Waals surface area contributed by atoms with Gasteiger partial charge in [-0.25, -0.2) is 8.78 Å². The van der Waals surface area contributed by atoms with Gasteiger partial charge >= 0.3 is 0 Å². The zero-order valence-corrected chi connectivity index (χ0v) is 17.1. The maximum absolute atomic E-state index is 14.7. The molecule has 1 aliphatic heterocycles. The van der Waals surface area contributed by atoms with Crippen LogP contribution in [0.15, 0.2) is 90.8 Å². The predicted octanol–water partition coefficient (Wildman–Crippen LogP) is 5.14. The standard InChI is InChI=1S/C26H16F2N2O3/c27-17-10-11-21(20(28)13-17)30-23(16-7-4-12-29-14-16)22(25(32)26(30)33)24(31)19-9-3-6-15-5-1-2-8-18(15)19/h1-14,23,31H/b24-22-.